The number of aliphatic hydroxyl groups excluding tert-OH is 1. The van der Waals surface area contributed by atoms with E-state index >= 15 is 0 Å². The van der Waals surface area contributed by atoms with Gasteiger partial charge in [-0.15, -0.1) is 0 Å². The van der Waals surface area contributed by atoms with Gasteiger partial charge >= 0.3 is 0 Å². The molecule has 1 aromatic rings. The molecule has 0 aliphatic heterocycles. The Hall–Kier alpha value is -0.910. The molecule has 0 amide bonds. The Balaban J connectivity index is 2.93. The largest absolute Gasteiger partial charge is 0.363 e. The first-order valence-electron chi connectivity index (χ1n) is 4.92. The summed E-state index contributed by atoms with van der Waals surface area (Å²) in [5.41, 5.74) is 0.241. The molecule has 86 valence electrons. The molecule has 1 atom stereocenters. The molecule has 5 heteroatoms. The van der Waals surface area contributed by atoms with E-state index in [2.05, 4.69) is 9.97 Å². The lowest BCUT2D eigenvalue weighted by Gasteiger charge is -2.44. The van der Waals surface area contributed by atoms with Crippen LogP contribution in [-0.4, -0.2) is 57.6 Å². The molecule has 0 fully saturated rings. The van der Waals surface area contributed by atoms with E-state index in [1.165, 1.54) is 0 Å². The number of H-pyrrole nitrogens is 1. The van der Waals surface area contributed by atoms with Gasteiger partial charge in [0.1, 0.15) is 0 Å². The normalized spacial score (nSPS) is 16.7. The van der Waals surface area contributed by atoms with E-state index in [9.17, 15) is 10.2 Å². The Morgan fingerprint density at radius 1 is 1.47 bits per heavy atom. The monoisotopic (exact) mass is 214 g/mol. The minimum absolute atomic E-state index is 0.462. The van der Waals surface area contributed by atoms with Gasteiger partial charge in [-0.3, -0.25) is 0 Å². The molecule has 5 nitrogen and oxygen atoms in total. The number of nitrogens with one attached hydrogen (secondary N) is 1. The molecule has 0 spiro atoms. The number of aliphatic hydroxyl groups is 2. The number of likely N-dealkylation sites (N-methyl/N-ethyl adjacent to an activating group) is 1. The molecular formula is C10H20N3O2+. The van der Waals surface area contributed by atoms with Gasteiger partial charge in [-0.05, 0) is 6.92 Å². The highest BCUT2D eigenvalue weighted by molar-refractivity contribution is 5.01. The Morgan fingerprint density at radius 2 is 2.07 bits per heavy atom. The van der Waals surface area contributed by atoms with E-state index in [0.29, 0.717) is 10.9 Å². The molecule has 0 saturated heterocycles. The standard InChI is InChI=1S/C10H20N3O2/c1-10(9(14)15,13(2,3)4)5-8-6-11-7-12-8/h6-7,9,14-15H,5H2,1-4H3,(H,11,12)/q+1. The van der Waals surface area contributed by atoms with Gasteiger partial charge < -0.3 is 19.7 Å². The van der Waals surface area contributed by atoms with E-state index in [1.807, 2.05) is 28.1 Å². The summed E-state index contributed by atoms with van der Waals surface area (Å²) in [5, 5.41) is 19.0. The zero-order chi connectivity index (χ0) is 11.7. The molecule has 1 rings (SSSR count). The zero-order valence-electron chi connectivity index (χ0n) is 9.73. The van der Waals surface area contributed by atoms with Crippen molar-refractivity contribution in [2.45, 2.75) is 25.2 Å². The molecule has 15 heavy (non-hydrogen) atoms. The van der Waals surface area contributed by atoms with Crippen LogP contribution < -0.4 is 0 Å². The summed E-state index contributed by atoms with van der Waals surface area (Å²) >= 11 is 0. The number of aromatic amines is 1. The van der Waals surface area contributed by atoms with Gasteiger partial charge in [0, 0.05) is 18.3 Å². The van der Waals surface area contributed by atoms with Crippen molar-refractivity contribution in [1.82, 2.24) is 9.97 Å². The third-order valence-electron chi connectivity index (χ3n) is 3.19. The molecule has 1 heterocycles. The van der Waals surface area contributed by atoms with Gasteiger partial charge in [-0.25, -0.2) is 4.98 Å². The summed E-state index contributed by atoms with van der Waals surface area (Å²) in [5.74, 6) is 0. The van der Waals surface area contributed by atoms with Crippen LogP contribution in [0.1, 0.15) is 12.6 Å². The highest BCUT2D eigenvalue weighted by atomic mass is 16.5. The maximum absolute atomic E-state index is 9.51. The molecule has 1 unspecified atom stereocenters. The minimum atomic E-state index is -1.37. The third-order valence-corrected chi connectivity index (χ3v) is 3.19. The van der Waals surface area contributed by atoms with Crippen LogP contribution in [-0.2, 0) is 6.42 Å². The molecule has 0 aliphatic carbocycles. The number of aromatic nitrogens is 2. The molecule has 0 radical (unpaired) electrons. The predicted molar refractivity (Wildman–Crippen MR) is 57.0 cm³/mol. The molecule has 0 aliphatic rings. The van der Waals surface area contributed by atoms with Crippen LogP contribution in [0.15, 0.2) is 12.5 Å². The number of rotatable bonds is 4. The Morgan fingerprint density at radius 3 is 2.40 bits per heavy atom. The predicted octanol–water partition coefficient (Wildman–Crippen LogP) is -0.272. The Kier molecular flexibility index (Phi) is 3.18. The van der Waals surface area contributed by atoms with Crippen LogP contribution >= 0.6 is 0 Å². The van der Waals surface area contributed by atoms with E-state index in [1.54, 1.807) is 12.5 Å². The average Bonchev–Trinajstić information content (AvgIpc) is 2.54. The van der Waals surface area contributed by atoms with Gasteiger partial charge in [-0.2, -0.15) is 0 Å². The summed E-state index contributed by atoms with van der Waals surface area (Å²) in [6.45, 7) is 1.85. The smallest absolute Gasteiger partial charge is 0.208 e. The van der Waals surface area contributed by atoms with Crippen LogP contribution in [0.4, 0.5) is 0 Å². The van der Waals surface area contributed by atoms with Crippen molar-refractivity contribution in [3.05, 3.63) is 18.2 Å². The van der Waals surface area contributed by atoms with Crippen molar-refractivity contribution in [3.63, 3.8) is 0 Å². The summed E-state index contributed by atoms with van der Waals surface area (Å²) in [6, 6.07) is 0. The maximum atomic E-state index is 9.51. The minimum Gasteiger partial charge on any atom is -0.363 e. The number of nitrogens with zero attached hydrogens (tertiary/aromatic N) is 2. The number of quaternary nitrogens is 1. The lowest BCUT2D eigenvalue weighted by Crippen LogP contribution is -2.63. The topological polar surface area (TPSA) is 69.1 Å². The van der Waals surface area contributed by atoms with Gasteiger partial charge in [-0.1, -0.05) is 0 Å². The van der Waals surface area contributed by atoms with Crippen molar-refractivity contribution in [2.75, 3.05) is 21.1 Å². The lowest BCUT2D eigenvalue weighted by molar-refractivity contribution is -0.929. The van der Waals surface area contributed by atoms with Crippen LogP contribution in [0.5, 0.6) is 0 Å². The summed E-state index contributed by atoms with van der Waals surface area (Å²) in [7, 11) is 5.82. The van der Waals surface area contributed by atoms with E-state index < -0.39 is 11.8 Å². The van der Waals surface area contributed by atoms with Gasteiger partial charge in [0.15, 0.2) is 5.54 Å². The Bertz CT molecular complexity index is 303. The van der Waals surface area contributed by atoms with Crippen molar-refractivity contribution >= 4 is 0 Å². The fraction of sp³-hybridized carbons (Fsp3) is 0.700. The highest BCUT2D eigenvalue weighted by Crippen LogP contribution is 2.25. The zero-order valence-corrected chi connectivity index (χ0v) is 9.73. The van der Waals surface area contributed by atoms with E-state index in [0.717, 1.165) is 5.69 Å². The second kappa shape index (κ2) is 3.92. The average molecular weight is 214 g/mol. The third kappa shape index (κ3) is 2.37. The van der Waals surface area contributed by atoms with Crippen LogP contribution in [0.25, 0.3) is 0 Å². The van der Waals surface area contributed by atoms with Gasteiger partial charge in [0.05, 0.1) is 27.5 Å². The van der Waals surface area contributed by atoms with E-state index in [-0.39, 0.29) is 0 Å². The van der Waals surface area contributed by atoms with Crippen molar-refractivity contribution < 1.29 is 14.7 Å². The first kappa shape index (κ1) is 12.2. The first-order valence-corrected chi connectivity index (χ1v) is 4.92. The molecule has 0 saturated carbocycles. The molecule has 0 aromatic carbocycles. The quantitative estimate of drug-likeness (QED) is 0.477. The second-order valence-corrected chi connectivity index (χ2v) is 5.00. The molecular weight excluding hydrogens is 194 g/mol. The molecule has 0 bridgehead atoms. The van der Waals surface area contributed by atoms with Gasteiger partial charge in [0.25, 0.3) is 0 Å². The number of hydrogen-bond acceptors (Lipinski definition) is 3. The molecule has 3 N–H and O–H groups in total. The van der Waals surface area contributed by atoms with Gasteiger partial charge in [0.2, 0.25) is 6.29 Å². The maximum Gasteiger partial charge on any atom is 0.208 e. The number of imidazole rings is 1. The fourth-order valence-corrected chi connectivity index (χ4v) is 1.44. The SMILES string of the molecule is CC(Cc1cnc[nH]1)(C(O)O)[N+](C)(C)C. The fourth-order valence-electron chi connectivity index (χ4n) is 1.44. The van der Waals surface area contributed by atoms with E-state index in [4.69, 9.17) is 0 Å². The summed E-state index contributed by atoms with van der Waals surface area (Å²) in [4.78, 5) is 6.90. The summed E-state index contributed by atoms with van der Waals surface area (Å²) < 4.78 is 0.462. The van der Waals surface area contributed by atoms with Crippen molar-refractivity contribution in [3.8, 4) is 0 Å². The van der Waals surface area contributed by atoms with Crippen LogP contribution in [0.3, 0.4) is 0 Å². The highest BCUT2D eigenvalue weighted by Gasteiger charge is 2.44. The first-order chi connectivity index (χ1) is 6.77. The van der Waals surface area contributed by atoms with Crippen LogP contribution in [0.2, 0.25) is 0 Å². The van der Waals surface area contributed by atoms with Crippen molar-refractivity contribution in [1.29, 1.82) is 0 Å². The summed E-state index contributed by atoms with van der Waals surface area (Å²) in [6.07, 6.45) is 2.46. The Labute approximate surface area is 90.0 Å². The molecule has 1 aromatic heterocycles. The van der Waals surface area contributed by atoms with Crippen molar-refractivity contribution in [2.24, 2.45) is 0 Å². The lowest BCUT2D eigenvalue weighted by atomic mass is 9.91. The number of hydrogen-bond donors (Lipinski definition) is 3. The second-order valence-electron chi connectivity index (χ2n) is 5.00. The van der Waals surface area contributed by atoms with Crippen LogP contribution in [0, 0.1) is 0 Å².